The standard InChI is InChI=1S/C21H20N2O7/c24-16(12-5-6-17-15(9-12)22-18(25)11-29-17)10-30-19(26)7-8-23-20(27)13-3-1-2-4-14(13)21(23)28/h1-2,5-6,9,13-14H,3-4,7-8,10-11H2,(H,22,25)/t13-,14+. The maximum Gasteiger partial charge on any atom is 0.308 e. The van der Waals surface area contributed by atoms with Gasteiger partial charge in [-0.05, 0) is 31.0 Å². The number of hydrogen-bond donors (Lipinski definition) is 1. The lowest BCUT2D eigenvalue weighted by Crippen LogP contribution is -2.33. The van der Waals surface area contributed by atoms with Crippen molar-refractivity contribution in [2.45, 2.75) is 19.3 Å². The summed E-state index contributed by atoms with van der Waals surface area (Å²) in [7, 11) is 0. The third-order valence-electron chi connectivity index (χ3n) is 5.44. The van der Waals surface area contributed by atoms with Gasteiger partial charge >= 0.3 is 5.97 Å². The van der Waals surface area contributed by atoms with Gasteiger partial charge in [0.15, 0.2) is 19.0 Å². The van der Waals surface area contributed by atoms with Crippen LogP contribution in [0.5, 0.6) is 5.75 Å². The molecule has 0 radical (unpaired) electrons. The van der Waals surface area contributed by atoms with E-state index in [1.807, 2.05) is 12.2 Å². The van der Waals surface area contributed by atoms with Crippen molar-refractivity contribution < 1.29 is 33.4 Å². The average molecular weight is 412 g/mol. The number of Topliss-reactive ketones (excluding diaryl/α,β-unsaturated/α-hetero) is 1. The second-order valence-electron chi connectivity index (χ2n) is 7.37. The Morgan fingerprint density at radius 1 is 1.10 bits per heavy atom. The molecule has 9 nitrogen and oxygen atoms in total. The van der Waals surface area contributed by atoms with Crippen molar-refractivity contribution in [1.82, 2.24) is 4.90 Å². The number of nitrogens with zero attached hydrogens (tertiary/aromatic N) is 1. The third-order valence-corrected chi connectivity index (χ3v) is 5.44. The molecular formula is C21H20N2O7. The van der Waals surface area contributed by atoms with E-state index in [1.165, 1.54) is 12.1 Å². The number of ketones is 1. The quantitative estimate of drug-likeness (QED) is 0.321. The van der Waals surface area contributed by atoms with E-state index in [-0.39, 0.29) is 54.7 Å². The van der Waals surface area contributed by atoms with Crippen LogP contribution in [0.3, 0.4) is 0 Å². The summed E-state index contributed by atoms with van der Waals surface area (Å²) in [5.41, 5.74) is 0.638. The minimum Gasteiger partial charge on any atom is -0.482 e. The largest absolute Gasteiger partial charge is 0.482 e. The first kappa shape index (κ1) is 19.8. The van der Waals surface area contributed by atoms with E-state index < -0.39 is 18.4 Å². The molecule has 2 atom stereocenters. The topological polar surface area (TPSA) is 119 Å². The van der Waals surface area contributed by atoms with Crippen LogP contribution in [0.2, 0.25) is 0 Å². The zero-order valence-electron chi connectivity index (χ0n) is 16.1. The Balaban J connectivity index is 1.28. The van der Waals surface area contributed by atoms with Crippen LogP contribution in [0.15, 0.2) is 30.4 Å². The van der Waals surface area contributed by atoms with Crippen LogP contribution in [-0.4, -0.2) is 54.1 Å². The monoisotopic (exact) mass is 412 g/mol. The Kier molecular flexibility index (Phi) is 5.35. The lowest BCUT2D eigenvalue weighted by molar-refractivity contribution is -0.145. The van der Waals surface area contributed by atoms with Gasteiger partial charge in [0.1, 0.15) is 5.75 Å². The van der Waals surface area contributed by atoms with Crippen LogP contribution in [0, 0.1) is 11.8 Å². The first-order valence-corrected chi connectivity index (χ1v) is 9.70. The molecule has 0 spiro atoms. The predicted molar refractivity (Wildman–Crippen MR) is 103 cm³/mol. The molecule has 1 aromatic carbocycles. The van der Waals surface area contributed by atoms with Gasteiger partial charge in [0, 0.05) is 12.1 Å². The molecule has 0 aromatic heterocycles. The lowest BCUT2D eigenvalue weighted by atomic mass is 9.85. The molecular weight excluding hydrogens is 392 g/mol. The van der Waals surface area contributed by atoms with Gasteiger partial charge in [-0.2, -0.15) is 0 Å². The van der Waals surface area contributed by atoms with Crippen molar-refractivity contribution >= 4 is 35.2 Å². The van der Waals surface area contributed by atoms with Crippen molar-refractivity contribution in [3.05, 3.63) is 35.9 Å². The summed E-state index contributed by atoms with van der Waals surface area (Å²) in [5, 5.41) is 2.60. The van der Waals surface area contributed by atoms with Crippen LogP contribution < -0.4 is 10.1 Å². The van der Waals surface area contributed by atoms with Crippen LogP contribution in [0.4, 0.5) is 5.69 Å². The van der Waals surface area contributed by atoms with Crippen molar-refractivity contribution in [3.63, 3.8) is 0 Å². The maximum atomic E-state index is 12.4. The molecule has 0 bridgehead atoms. The summed E-state index contributed by atoms with van der Waals surface area (Å²) in [6.45, 7) is -0.624. The zero-order valence-corrected chi connectivity index (χ0v) is 16.1. The molecule has 156 valence electrons. The van der Waals surface area contributed by atoms with E-state index in [1.54, 1.807) is 6.07 Å². The van der Waals surface area contributed by atoms with Crippen LogP contribution in [-0.2, 0) is 23.9 Å². The van der Waals surface area contributed by atoms with Crippen LogP contribution in [0.25, 0.3) is 0 Å². The molecule has 0 unspecified atom stereocenters. The molecule has 1 aliphatic carbocycles. The number of nitrogens with one attached hydrogen (secondary N) is 1. The van der Waals surface area contributed by atoms with E-state index in [0.29, 0.717) is 24.3 Å². The van der Waals surface area contributed by atoms with E-state index in [4.69, 9.17) is 9.47 Å². The van der Waals surface area contributed by atoms with Gasteiger partial charge in [0.05, 0.1) is 23.9 Å². The Morgan fingerprint density at radius 2 is 1.80 bits per heavy atom. The molecule has 2 aliphatic heterocycles. The molecule has 3 aliphatic rings. The number of ether oxygens (including phenoxy) is 2. The Labute approximate surface area is 172 Å². The second kappa shape index (κ2) is 8.10. The summed E-state index contributed by atoms with van der Waals surface area (Å²) in [6, 6.07) is 4.53. The summed E-state index contributed by atoms with van der Waals surface area (Å²) < 4.78 is 10.2. The molecule has 1 fully saturated rings. The second-order valence-corrected chi connectivity index (χ2v) is 7.37. The third kappa shape index (κ3) is 3.83. The SMILES string of the molecule is O=C1COc2ccc(C(=O)COC(=O)CCN3C(=O)[C@H]4CC=CC[C@H]4C3=O)cc2N1. The predicted octanol–water partition coefficient (Wildman–Crippen LogP) is 1.08. The number of carbonyl (C=O) groups excluding carboxylic acids is 5. The van der Waals surface area contributed by atoms with Crippen molar-refractivity contribution in [2.75, 3.05) is 25.1 Å². The molecule has 4 rings (SSSR count). The number of anilines is 1. The maximum absolute atomic E-state index is 12.4. The van der Waals surface area contributed by atoms with Gasteiger partial charge in [-0.25, -0.2) is 0 Å². The van der Waals surface area contributed by atoms with Gasteiger partial charge in [-0.15, -0.1) is 0 Å². The summed E-state index contributed by atoms with van der Waals surface area (Å²) >= 11 is 0. The number of allylic oxidation sites excluding steroid dienone is 2. The van der Waals surface area contributed by atoms with Crippen molar-refractivity contribution in [2.24, 2.45) is 11.8 Å². The highest BCUT2D eigenvalue weighted by Crippen LogP contribution is 2.35. The Morgan fingerprint density at radius 3 is 2.50 bits per heavy atom. The number of hydrogen-bond acceptors (Lipinski definition) is 7. The summed E-state index contributed by atoms with van der Waals surface area (Å²) in [5.74, 6) is -2.17. The highest BCUT2D eigenvalue weighted by Gasteiger charge is 2.46. The average Bonchev–Trinajstić information content (AvgIpc) is 3.00. The molecule has 1 aromatic rings. The highest BCUT2D eigenvalue weighted by molar-refractivity contribution is 6.05. The van der Waals surface area contributed by atoms with E-state index in [0.717, 1.165) is 4.90 Å². The summed E-state index contributed by atoms with van der Waals surface area (Å²) in [4.78, 5) is 61.6. The number of esters is 1. The van der Waals surface area contributed by atoms with Crippen molar-refractivity contribution in [1.29, 1.82) is 0 Å². The normalized spacial score (nSPS) is 22.1. The van der Waals surface area contributed by atoms with Crippen LogP contribution >= 0.6 is 0 Å². The number of carbonyl (C=O) groups is 5. The molecule has 3 amide bonds. The fourth-order valence-electron chi connectivity index (χ4n) is 3.85. The number of rotatable bonds is 6. The first-order valence-electron chi connectivity index (χ1n) is 9.70. The van der Waals surface area contributed by atoms with Gasteiger partial charge in [0.25, 0.3) is 5.91 Å². The van der Waals surface area contributed by atoms with E-state index in [9.17, 15) is 24.0 Å². The minimum absolute atomic E-state index is 0.0556. The zero-order chi connectivity index (χ0) is 21.3. The molecule has 9 heteroatoms. The Hall–Kier alpha value is -3.49. The Bertz CT molecular complexity index is 942. The lowest BCUT2D eigenvalue weighted by Gasteiger charge is -2.18. The fraction of sp³-hybridized carbons (Fsp3) is 0.381. The van der Waals surface area contributed by atoms with E-state index >= 15 is 0 Å². The number of likely N-dealkylation sites (tertiary alicyclic amines) is 1. The molecule has 2 heterocycles. The fourth-order valence-corrected chi connectivity index (χ4v) is 3.85. The minimum atomic E-state index is -0.674. The first-order chi connectivity index (χ1) is 14.4. The van der Waals surface area contributed by atoms with Gasteiger partial charge in [0.2, 0.25) is 11.8 Å². The van der Waals surface area contributed by atoms with Gasteiger partial charge in [-0.3, -0.25) is 28.9 Å². The molecule has 0 saturated carbocycles. The van der Waals surface area contributed by atoms with Gasteiger partial charge < -0.3 is 14.8 Å². The molecule has 1 N–H and O–H groups in total. The smallest absolute Gasteiger partial charge is 0.308 e. The number of imide groups is 1. The van der Waals surface area contributed by atoms with E-state index in [2.05, 4.69) is 5.32 Å². The van der Waals surface area contributed by atoms with Crippen LogP contribution in [0.1, 0.15) is 29.6 Å². The highest BCUT2D eigenvalue weighted by atomic mass is 16.5. The molecule has 30 heavy (non-hydrogen) atoms. The van der Waals surface area contributed by atoms with Crippen molar-refractivity contribution in [3.8, 4) is 5.75 Å². The number of amides is 3. The number of fused-ring (bicyclic) bond motifs is 2. The summed E-state index contributed by atoms with van der Waals surface area (Å²) in [6.07, 6.45) is 4.70. The number of benzene rings is 1. The molecule has 1 saturated heterocycles. The van der Waals surface area contributed by atoms with Gasteiger partial charge in [-0.1, -0.05) is 12.2 Å².